The molecule has 2 aliphatic heterocycles. The van der Waals surface area contributed by atoms with Crippen LogP contribution in [0.3, 0.4) is 0 Å². The molecule has 2 N–H and O–H groups in total. The number of aromatic nitrogens is 2. The maximum atomic E-state index is 13.2. The fourth-order valence-electron chi connectivity index (χ4n) is 4.87. The Kier molecular flexibility index (Phi) is 6.29. The summed E-state index contributed by atoms with van der Waals surface area (Å²) in [6.07, 6.45) is 5.11. The van der Waals surface area contributed by atoms with Crippen molar-refractivity contribution in [1.82, 2.24) is 20.0 Å². The van der Waals surface area contributed by atoms with E-state index in [1.54, 1.807) is 12.1 Å². The van der Waals surface area contributed by atoms with Gasteiger partial charge in [0.2, 0.25) is 0 Å². The minimum atomic E-state index is -0.154. The number of phenols is 1. The van der Waals surface area contributed by atoms with Crippen molar-refractivity contribution in [2.24, 2.45) is 0 Å². The summed E-state index contributed by atoms with van der Waals surface area (Å²) in [7, 11) is 0. The number of ether oxygens (including phenoxy) is 1. The molecule has 2 aliphatic rings. The number of unbranched alkanes of at least 4 members (excludes halogenated alkanes) is 1. The summed E-state index contributed by atoms with van der Waals surface area (Å²) in [5.41, 5.74) is 1.28. The second kappa shape index (κ2) is 8.94. The molecule has 1 amide bonds. The Hall–Kier alpha value is -2.12. The van der Waals surface area contributed by atoms with Crippen LogP contribution in [0.1, 0.15) is 69.4 Å². The number of fused-ring (bicyclic) bond motifs is 3. The third kappa shape index (κ3) is 4.05. The maximum absolute atomic E-state index is 13.2. The van der Waals surface area contributed by atoms with E-state index >= 15 is 0 Å². The smallest absolute Gasteiger partial charge is 0.272 e. The Labute approximate surface area is 178 Å². The molecule has 164 valence electrons. The third-order valence-electron chi connectivity index (χ3n) is 6.69. The summed E-state index contributed by atoms with van der Waals surface area (Å²) in [4.78, 5) is 15.8. The van der Waals surface area contributed by atoms with Gasteiger partial charge in [-0.3, -0.25) is 14.4 Å². The SMILES string of the molecule is CCCCN1[C@@H]2COC[C@H]1CC(NC(=O)c1nn([C@@H](C)CC)c3ccc(O)cc13)C2. The van der Waals surface area contributed by atoms with Crippen LogP contribution in [-0.2, 0) is 4.74 Å². The number of aromatic hydroxyl groups is 1. The number of amides is 1. The molecule has 1 aromatic heterocycles. The summed E-state index contributed by atoms with van der Waals surface area (Å²) < 4.78 is 7.70. The molecule has 2 saturated heterocycles. The summed E-state index contributed by atoms with van der Waals surface area (Å²) in [5.74, 6) is -0.00480. The van der Waals surface area contributed by atoms with E-state index in [9.17, 15) is 9.90 Å². The lowest BCUT2D eigenvalue weighted by Gasteiger charge is -2.48. The minimum Gasteiger partial charge on any atom is -0.508 e. The predicted octanol–water partition coefficient (Wildman–Crippen LogP) is 3.47. The number of nitrogens with one attached hydrogen (secondary N) is 1. The molecule has 2 bridgehead atoms. The van der Waals surface area contributed by atoms with E-state index in [2.05, 4.69) is 36.1 Å². The van der Waals surface area contributed by atoms with Crippen molar-refractivity contribution in [3.63, 3.8) is 0 Å². The normalized spacial score (nSPS) is 25.4. The van der Waals surface area contributed by atoms with Crippen LogP contribution in [0.4, 0.5) is 0 Å². The van der Waals surface area contributed by atoms with E-state index in [0.717, 1.165) is 44.5 Å². The molecule has 2 fully saturated rings. The number of hydrogen-bond donors (Lipinski definition) is 2. The first-order valence-electron chi connectivity index (χ1n) is 11.4. The molecular weight excluding hydrogens is 380 g/mol. The number of hydrogen-bond acceptors (Lipinski definition) is 5. The van der Waals surface area contributed by atoms with Crippen molar-refractivity contribution >= 4 is 16.8 Å². The summed E-state index contributed by atoms with van der Waals surface area (Å²) in [5, 5.41) is 18.6. The van der Waals surface area contributed by atoms with Gasteiger partial charge in [0.1, 0.15) is 5.75 Å². The van der Waals surface area contributed by atoms with Crippen LogP contribution in [0.2, 0.25) is 0 Å². The van der Waals surface area contributed by atoms with Crippen LogP contribution < -0.4 is 5.32 Å². The largest absolute Gasteiger partial charge is 0.508 e. The van der Waals surface area contributed by atoms with E-state index in [4.69, 9.17) is 4.74 Å². The van der Waals surface area contributed by atoms with Crippen molar-refractivity contribution in [2.75, 3.05) is 19.8 Å². The zero-order valence-electron chi connectivity index (χ0n) is 18.3. The number of rotatable bonds is 7. The fraction of sp³-hybridized carbons (Fsp3) is 0.652. The molecule has 1 aromatic carbocycles. The van der Waals surface area contributed by atoms with Gasteiger partial charge in [-0.05, 0) is 57.4 Å². The van der Waals surface area contributed by atoms with Gasteiger partial charge in [0.05, 0.1) is 18.7 Å². The molecule has 0 saturated carbocycles. The van der Waals surface area contributed by atoms with Crippen molar-refractivity contribution in [2.45, 2.75) is 77.0 Å². The molecule has 0 radical (unpaired) electrons. The molecule has 7 heteroatoms. The van der Waals surface area contributed by atoms with Crippen LogP contribution >= 0.6 is 0 Å². The first-order valence-corrected chi connectivity index (χ1v) is 11.4. The number of piperidine rings is 1. The molecule has 4 rings (SSSR count). The predicted molar refractivity (Wildman–Crippen MR) is 117 cm³/mol. The Morgan fingerprint density at radius 2 is 2.03 bits per heavy atom. The van der Waals surface area contributed by atoms with Crippen LogP contribution in [0, 0.1) is 0 Å². The fourth-order valence-corrected chi connectivity index (χ4v) is 4.87. The zero-order valence-corrected chi connectivity index (χ0v) is 18.3. The van der Waals surface area contributed by atoms with E-state index in [0.29, 0.717) is 23.2 Å². The van der Waals surface area contributed by atoms with Crippen molar-refractivity contribution in [3.05, 3.63) is 23.9 Å². The average molecular weight is 415 g/mol. The number of carbonyl (C=O) groups excluding carboxylic acids is 1. The number of morpholine rings is 1. The van der Waals surface area contributed by atoms with Crippen molar-refractivity contribution in [1.29, 1.82) is 0 Å². The highest BCUT2D eigenvalue weighted by atomic mass is 16.5. The quantitative estimate of drug-likeness (QED) is 0.725. The van der Waals surface area contributed by atoms with E-state index < -0.39 is 0 Å². The highest BCUT2D eigenvalue weighted by Gasteiger charge is 2.39. The topological polar surface area (TPSA) is 79.6 Å². The maximum Gasteiger partial charge on any atom is 0.272 e. The highest BCUT2D eigenvalue weighted by molar-refractivity contribution is 6.05. The minimum absolute atomic E-state index is 0.121. The molecule has 30 heavy (non-hydrogen) atoms. The Balaban J connectivity index is 1.53. The standard InChI is InChI=1S/C23H34N4O3/c1-4-6-9-26-17-10-16(11-18(26)14-30-13-17)24-23(29)22-20-12-19(28)7-8-21(20)27(25-22)15(3)5-2/h7-8,12,15-18,28H,4-6,9-11,13-14H2,1-3H3,(H,24,29)/t15-,16?,17-,18+/m0/s1. The lowest BCUT2D eigenvalue weighted by Crippen LogP contribution is -2.60. The Morgan fingerprint density at radius 1 is 1.30 bits per heavy atom. The van der Waals surface area contributed by atoms with Crippen molar-refractivity contribution < 1.29 is 14.6 Å². The average Bonchev–Trinajstić information content (AvgIpc) is 3.10. The first-order chi connectivity index (χ1) is 14.5. The number of phenolic OH excluding ortho intramolecular Hbond substituents is 1. The molecular formula is C23H34N4O3. The van der Waals surface area contributed by atoms with Gasteiger partial charge in [-0.15, -0.1) is 0 Å². The molecule has 0 aliphatic carbocycles. The molecule has 2 aromatic rings. The van der Waals surface area contributed by atoms with Gasteiger partial charge >= 0.3 is 0 Å². The van der Waals surface area contributed by atoms with E-state index in [1.807, 2.05) is 10.7 Å². The monoisotopic (exact) mass is 414 g/mol. The lowest BCUT2D eigenvalue weighted by molar-refractivity contribution is -0.0802. The summed E-state index contributed by atoms with van der Waals surface area (Å²) >= 11 is 0. The molecule has 1 unspecified atom stereocenters. The highest BCUT2D eigenvalue weighted by Crippen LogP contribution is 2.30. The Bertz CT molecular complexity index is 882. The number of carbonyl (C=O) groups is 1. The second-order valence-corrected chi connectivity index (χ2v) is 8.83. The molecule has 7 nitrogen and oxygen atoms in total. The van der Waals surface area contributed by atoms with Gasteiger partial charge in [0, 0.05) is 29.6 Å². The van der Waals surface area contributed by atoms with Gasteiger partial charge in [-0.1, -0.05) is 20.3 Å². The van der Waals surface area contributed by atoms with Gasteiger partial charge < -0.3 is 15.2 Å². The first kappa shape index (κ1) is 21.1. The van der Waals surface area contributed by atoms with Gasteiger partial charge in [-0.25, -0.2) is 0 Å². The number of nitrogens with zero attached hydrogens (tertiary/aromatic N) is 3. The molecule has 0 spiro atoms. The zero-order chi connectivity index (χ0) is 21.3. The number of benzene rings is 1. The van der Waals surface area contributed by atoms with E-state index in [1.165, 1.54) is 12.8 Å². The van der Waals surface area contributed by atoms with Crippen LogP contribution in [0.15, 0.2) is 18.2 Å². The second-order valence-electron chi connectivity index (χ2n) is 8.83. The Morgan fingerprint density at radius 3 is 2.70 bits per heavy atom. The molecule has 4 atom stereocenters. The summed E-state index contributed by atoms with van der Waals surface area (Å²) in [6, 6.07) is 6.17. The van der Waals surface area contributed by atoms with E-state index in [-0.39, 0.29) is 23.7 Å². The third-order valence-corrected chi connectivity index (χ3v) is 6.69. The van der Waals surface area contributed by atoms with Crippen LogP contribution in [-0.4, -0.2) is 63.6 Å². The summed E-state index contributed by atoms with van der Waals surface area (Å²) in [6.45, 7) is 9.01. The van der Waals surface area contributed by atoms with Gasteiger partial charge in [-0.2, -0.15) is 5.10 Å². The lowest BCUT2D eigenvalue weighted by atomic mass is 9.89. The molecule has 3 heterocycles. The van der Waals surface area contributed by atoms with Crippen molar-refractivity contribution in [3.8, 4) is 5.75 Å². The van der Waals surface area contributed by atoms with Crippen LogP contribution in [0.5, 0.6) is 5.75 Å². The van der Waals surface area contributed by atoms with Gasteiger partial charge in [0.15, 0.2) is 5.69 Å². The van der Waals surface area contributed by atoms with Gasteiger partial charge in [0.25, 0.3) is 5.91 Å². The van der Waals surface area contributed by atoms with Crippen LogP contribution in [0.25, 0.3) is 10.9 Å².